The Morgan fingerprint density at radius 1 is 1.28 bits per heavy atom. The van der Waals surface area contributed by atoms with E-state index in [4.69, 9.17) is 4.74 Å². The Kier molecular flexibility index (Phi) is 3.34. The molecule has 1 aromatic carbocycles. The minimum atomic E-state index is -1.42. The van der Waals surface area contributed by atoms with Crippen molar-refractivity contribution >= 4 is 33.4 Å². The molecule has 0 saturated carbocycles. The number of carbonyl (C=O) groups is 2. The van der Waals surface area contributed by atoms with Gasteiger partial charge in [0, 0.05) is 11.1 Å². The number of hydrogen-bond donors (Lipinski definition) is 0. The van der Waals surface area contributed by atoms with Gasteiger partial charge in [-0.3, -0.25) is 4.79 Å². The molecule has 1 heterocycles. The number of ether oxygens (including phenoxy) is 1. The number of allylic oxidation sites excluding steroid dienone is 1. The fraction of sp³-hybridized carbons (Fsp3) is 0.0769. The number of rotatable bonds is 2. The first-order chi connectivity index (χ1) is 8.52. The Morgan fingerprint density at radius 3 is 2.44 bits per heavy atom. The number of carbonyl (C=O) groups excluding carboxylic acids is 2. The van der Waals surface area contributed by atoms with Crippen LogP contribution in [-0.2, 0) is 14.3 Å². The number of Topliss-reactive ketones (excluding diaryl/α,β-unsaturated/α-hetero) is 1. The Labute approximate surface area is 112 Å². The molecule has 0 spiro atoms. The maximum Gasteiger partial charge on any atom is 0.239 e. The van der Waals surface area contributed by atoms with Crippen LogP contribution < -0.4 is 5.11 Å². The fourth-order valence-corrected chi connectivity index (χ4v) is 2.00. The minimum absolute atomic E-state index is 0.208. The lowest BCUT2D eigenvalue weighted by Crippen LogP contribution is -2.25. The van der Waals surface area contributed by atoms with E-state index < -0.39 is 11.8 Å². The van der Waals surface area contributed by atoms with Gasteiger partial charge in [-0.1, -0.05) is 30.3 Å². The number of ketones is 1. The fourth-order valence-electron chi connectivity index (χ4n) is 1.51. The van der Waals surface area contributed by atoms with Crippen LogP contribution in [0.25, 0.3) is 5.76 Å². The Balaban J connectivity index is 2.46. The van der Waals surface area contributed by atoms with Crippen LogP contribution in [-0.4, -0.2) is 11.8 Å². The van der Waals surface area contributed by atoms with Gasteiger partial charge in [0.1, 0.15) is 4.48 Å². The molecular formula is C13H8BrO4-. The first-order valence-electron chi connectivity index (χ1n) is 5.12. The van der Waals surface area contributed by atoms with E-state index in [-0.39, 0.29) is 15.8 Å². The molecule has 0 saturated heterocycles. The van der Waals surface area contributed by atoms with Crippen LogP contribution in [0, 0.1) is 0 Å². The lowest BCUT2D eigenvalue weighted by molar-refractivity contribution is -0.299. The second kappa shape index (κ2) is 4.78. The second-order valence-corrected chi connectivity index (χ2v) is 4.47. The highest BCUT2D eigenvalue weighted by Crippen LogP contribution is 2.36. The third kappa shape index (κ3) is 2.09. The molecule has 0 atom stereocenters. The van der Waals surface area contributed by atoms with E-state index >= 15 is 0 Å². The van der Waals surface area contributed by atoms with E-state index in [2.05, 4.69) is 15.9 Å². The maximum atomic E-state index is 11.9. The SMILES string of the molecule is CC(C(=O)[O-])=C1OC(c2ccccc2)=C(Br)C1=O. The summed E-state index contributed by atoms with van der Waals surface area (Å²) in [5, 5.41) is 10.7. The number of hydrogen-bond acceptors (Lipinski definition) is 4. The molecule has 0 bridgehead atoms. The van der Waals surface area contributed by atoms with Gasteiger partial charge >= 0.3 is 0 Å². The number of carboxylic acid groups (broad SMARTS) is 1. The van der Waals surface area contributed by atoms with Gasteiger partial charge in [-0.15, -0.1) is 0 Å². The summed E-state index contributed by atoms with van der Waals surface area (Å²) >= 11 is 3.12. The van der Waals surface area contributed by atoms with Crippen LogP contribution in [0.1, 0.15) is 12.5 Å². The Bertz CT molecular complexity index is 584. The average molecular weight is 308 g/mol. The zero-order chi connectivity index (χ0) is 13.3. The Hall–Kier alpha value is -1.88. The summed E-state index contributed by atoms with van der Waals surface area (Å²) in [5.74, 6) is -1.81. The zero-order valence-electron chi connectivity index (χ0n) is 9.40. The van der Waals surface area contributed by atoms with Crippen molar-refractivity contribution in [2.45, 2.75) is 6.92 Å². The molecule has 0 aromatic heterocycles. The molecule has 0 amide bonds. The summed E-state index contributed by atoms with van der Waals surface area (Å²) < 4.78 is 5.55. The van der Waals surface area contributed by atoms with Crippen LogP contribution >= 0.6 is 15.9 Å². The van der Waals surface area contributed by atoms with Gasteiger partial charge in [0.05, 0.1) is 5.97 Å². The van der Waals surface area contributed by atoms with Crippen molar-refractivity contribution in [3.8, 4) is 0 Å². The molecule has 5 heteroatoms. The van der Waals surface area contributed by atoms with Crippen LogP contribution in [0.15, 0.2) is 46.1 Å². The van der Waals surface area contributed by atoms with Crippen LogP contribution in [0.4, 0.5) is 0 Å². The molecule has 2 rings (SSSR count). The molecular weight excluding hydrogens is 300 g/mol. The molecule has 0 unspecified atom stereocenters. The van der Waals surface area contributed by atoms with Crippen LogP contribution in [0.5, 0.6) is 0 Å². The highest BCUT2D eigenvalue weighted by Gasteiger charge is 2.31. The first-order valence-corrected chi connectivity index (χ1v) is 5.91. The first kappa shape index (κ1) is 12.6. The van der Waals surface area contributed by atoms with Crippen molar-refractivity contribution in [3.05, 3.63) is 51.7 Å². The molecule has 0 N–H and O–H groups in total. The summed E-state index contributed by atoms with van der Waals surface area (Å²) in [6.07, 6.45) is 0. The van der Waals surface area contributed by atoms with E-state index in [0.717, 1.165) is 0 Å². The molecule has 1 aliphatic heterocycles. The highest BCUT2D eigenvalue weighted by molar-refractivity contribution is 9.12. The van der Waals surface area contributed by atoms with Gasteiger partial charge in [-0.2, -0.15) is 0 Å². The molecule has 18 heavy (non-hydrogen) atoms. The molecule has 0 radical (unpaired) electrons. The molecule has 0 aliphatic carbocycles. The third-order valence-corrected chi connectivity index (χ3v) is 3.21. The largest absolute Gasteiger partial charge is 0.545 e. The van der Waals surface area contributed by atoms with Crippen molar-refractivity contribution in [3.63, 3.8) is 0 Å². The van der Waals surface area contributed by atoms with Gasteiger partial charge in [-0.05, 0) is 22.9 Å². The lowest BCUT2D eigenvalue weighted by atomic mass is 10.1. The third-order valence-electron chi connectivity index (χ3n) is 2.49. The molecule has 0 fully saturated rings. The lowest BCUT2D eigenvalue weighted by Gasteiger charge is -2.07. The van der Waals surface area contributed by atoms with Crippen LogP contribution in [0.3, 0.4) is 0 Å². The van der Waals surface area contributed by atoms with Crippen molar-refractivity contribution in [1.82, 2.24) is 0 Å². The summed E-state index contributed by atoms with van der Waals surface area (Å²) in [6.45, 7) is 1.27. The maximum absolute atomic E-state index is 11.9. The van der Waals surface area contributed by atoms with E-state index in [1.807, 2.05) is 6.07 Å². The van der Waals surface area contributed by atoms with E-state index in [1.165, 1.54) is 6.92 Å². The highest BCUT2D eigenvalue weighted by atomic mass is 79.9. The molecule has 1 aromatic rings. The summed E-state index contributed by atoms with van der Waals surface area (Å²) in [5.41, 5.74) is 0.474. The van der Waals surface area contributed by atoms with E-state index in [1.54, 1.807) is 24.3 Å². The topological polar surface area (TPSA) is 66.4 Å². The number of carboxylic acids is 1. The average Bonchev–Trinajstić information content (AvgIpc) is 2.67. The predicted octanol–water partition coefficient (Wildman–Crippen LogP) is 1.37. The smallest absolute Gasteiger partial charge is 0.239 e. The summed E-state index contributed by atoms with van der Waals surface area (Å²) in [7, 11) is 0. The predicted molar refractivity (Wildman–Crippen MR) is 66.1 cm³/mol. The van der Waals surface area contributed by atoms with Gasteiger partial charge in [0.25, 0.3) is 0 Å². The van der Waals surface area contributed by atoms with Crippen molar-refractivity contribution in [2.75, 3.05) is 0 Å². The molecule has 92 valence electrons. The van der Waals surface area contributed by atoms with Gasteiger partial charge in [-0.25, -0.2) is 0 Å². The zero-order valence-corrected chi connectivity index (χ0v) is 11.0. The number of halogens is 1. The normalized spacial score (nSPS) is 17.8. The molecule has 1 aliphatic rings. The summed E-state index contributed by atoms with van der Waals surface area (Å²) in [6, 6.07) is 8.95. The van der Waals surface area contributed by atoms with Crippen molar-refractivity contribution in [2.24, 2.45) is 0 Å². The van der Waals surface area contributed by atoms with Crippen molar-refractivity contribution in [1.29, 1.82) is 0 Å². The minimum Gasteiger partial charge on any atom is -0.545 e. The van der Waals surface area contributed by atoms with Gasteiger partial charge < -0.3 is 14.6 Å². The van der Waals surface area contributed by atoms with E-state index in [9.17, 15) is 14.7 Å². The monoisotopic (exact) mass is 307 g/mol. The standard InChI is InChI=1S/C13H9BrO4/c1-7(13(16)17)11-10(15)9(14)12(18-11)8-5-3-2-4-6-8/h2-6H,1H3,(H,16,17)/p-1. The quantitative estimate of drug-likeness (QED) is 0.774. The van der Waals surface area contributed by atoms with Crippen LogP contribution in [0.2, 0.25) is 0 Å². The molecule has 4 nitrogen and oxygen atoms in total. The van der Waals surface area contributed by atoms with E-state index in [0.29, 0.717) is 11.3 Å². The second-order valence-electron chi connectivity index (χ2n) is 3.68. The summed E-state index contributed by atoms with van der Waals surface area (Å²) in [4.78, 5) is 22.6. The Morgan fingerprint density at radius 2 is 1.89 bits per heavy atom. The van der Waals surface area contributed by atoms with Gasteiger partial charge in [0.15, 0.2) is 11.5 Å². The van der Waals surface area contributed by atoms with Crippen molar-refractivity contribution < 1.29 is 19.4 Å². The number of aliphatic carboxylic acids is 1. The van der Waals surface area contributed by atoms with Gasteiger partial charge in [0.2, 0.25) is 5.78 Å². The number of benzene rings is 1.